The Balaban J connectivity index is 1.58. The van der Waals surface area contributed by atoms with Gasteiger partial charge in [0.2, 0.25) is 0 Å². The number of benzene rings is 2. The number of halogens is 2. The molecule has 0 bridgehead atoms. The van der Waals surface area contributed by atoms with Gasteiger partial charge in [-0.2, -0.15) is 4.68 Å². The molecule has 0 saturated carbocycles. The molecule has 0 aliphatic carbocycles. The average Bonchev–Trinajstić information content (AvgIpc) is 3.44. The molecule has 0 radical (unpaired) electrons. The molecule has 2 aromatic carbocycles. The number of aromatic nitrogens is 6. The first kappa shape index (κ1) is 19.3. The Morgan fingerprint density at radius 2 is 1.91 bits per heavy atom. The molecule has 9 nitrogen and oxygen atoms in total. The smallest absolute Gasteiger partial charge is 0.283 e. The second kappa shape index (κ2) is 7.05. The van der Waals surface area contributed by atoms with Gasteiger partial charge in [-0.25, -0.2) is 28.7 Å². The first-order chi connectivity index (χ1) is 16.0. The molecule has 6 rings (SSSR count). The summed E-state index contributed by atoms with van der Waals surface area (Å²) in [5, 5.41) is 1.56. The summed E-state index contributed by atoms with van der Waals surface area (Å²) in [6.07, 6.45) is 2.96. The molecule has 0 amide bonds. The van der Waals surface area contributed by atoms with Gasteiger partial charge < -0.3 is 9.88 Å². The molecule has 164 valence electrons. The number of nitrogens with one attached hydrogen (secondary N) is 1. The molecule has 11 heteroatoms. The van der Waals surface area contributed by atoms with E-state index >= 15 is 0 Å². The molecule has 0 unspecified atom stereocenters. The molecule has 1 N–H and O–H groups in total. The van der Waals surface area contributed by atoms with Gasteiger partial charge in [-0.1, -0.05) is 6.07 Å². The van der Waals surface area contributed by atoms with Crippen molar-refractivity contribution in [2.45, 2.75) is 6.04 Å². The number of aromatic amines is 1. The fraction of sp³-hybridized carbons (Fsp3) is 0.136. The Morgan fingerprint density at radius 3 is 2.73 bits per heavy atom. The van der Waals surface area contributed by atoms with Crippen LogP contribution in [-0.4, -0.2) is 43.2 Å². The Morgan fingerprint density at radius 1 is 1.09 bits per heavy atom. The van der Waals surface area contributed by atoms with Crippen LogP contribution in [0.25, 0.3) is 22.1 Å². The molecule has 1 aliphatic rings. The van der Waals surface area contributed by atoms with Crippen LogP contribution in [0.3, 0.4) is 0 Å². The molecule has 0 fully saturated rings. The quantitative estimate of drug-likeness (QED) is 0.455. The zero-order chi connectivity index (χ0) is 22.7. The van der Waals surface area contributed by atoms with Crippen LogP contribution >= 0.6 is 0 Å². The van der Waals surface area contributed by atoms with Crippen LogP contribution in [0, 0.1) is 11.6 Å². The number of rotatable bonds is 3. The van der Waals surface area contributed by atoms with Gasteiger partial charge in [0.15, 0.2) is 17.3 Å². The zero-order valence-corrected chi connectivity index (χ0v) is 17.3. The van der Waals surface area contributed by atoms with Gasteiger partial charge in [0.1, 0.15) is 34.9 Å². The van der Waals surface area contributed by atoms with Gasteiger partial charge in [0.05, 0.1) is 24.1 Å². The Labute approximate surface area is 184 Å². The minimum atomic E-state index is -0.648. The lowest BCUT2D eigenvalue weighted by Crippen LogP contribution is -2.36. The van der Waals surface area contributed by atoms with E-state index in [0.717, 1.165) is 0 Å². The van der Waals surface area contributed by atoms with E-state index in [0.29, 0.717) is 28.5 Å². The zero-order valence-electron chi connectivity index (χ0n) is 17.3. The van der Waals surface area contributed by atoms with Gasteiger partial charge in [-0.05, 0) is 36.4 Å². The summed E-state index contributed by atoms with van der Waals surface area (Å²) in [4.78, 5) is 35.8. The molecular weight excluding hydrogens is 430 g/mol. The third-order valence-corrected chi connectivity index (χ3v) is 5.86. The molecule has 1 aliphatic heterocycles. The van der Waals surface area contributed by atoms with Crippen molar-refractivity contribution in [3.05, 3.63) is 82.9 Å². The number of likely N-dealkylation sites (N-methyl/N-ethyl adjacent to an activating group) is 1. The van der Waals surface area contributed by atoms with Gasteiger partial charge in [-0.3, -0.25) is 9.80 Å². The summed E-state index contributed by atoms with van der Waals surface area (Å²) in [6.45, 7) is 0.290. The number of hydrogen-bond acceptors (Lipinski definition) is 7. The first-order valence-corrected chi connectivity index (χ1v) is 10.1. The van der Waals surface area contributed by atoms with E-state index < -0.39 is 23.2 Å². The monoisotopic (exact) mass is 446 g/mol. The molecule has 4 heterocycles. The third-order valence-electron chi connectivity index (χ3n) is 5.86. The van der Waals surface area contributed by atoms with E-state index in [1.54, 1.807) is 23.2 Å². The number of anilines is 2. The number of imidazole rings is 1. The van der Waals surface area contributed by atoms with Gasteiger partial charge in [-0.15, -0.1) is 0 Å². The number of hydrogen-bond donors (Lipinski definition) is 1. The highest BCUT2D eigenvalue weighted by Crippen LogP contribution is 2.34. The van der Waals surface area contributed by atoms with E-state index in [9.17, 15) is 13.6 Å². The summed E-state index contributed by atoms with van der Waals surface area (Å²) in [5.74, 6) is -0.0893. The van der Waals surface area contributed by atoms with Crippen LogP contribution in [0.2, 0.25) is 0 Å². The van der Waals surface area contributed by atoms with Crippen LogP contribution in [0.4, 0.5) is 20.3 Å². The highest BCUT2D eigenvalue weighted by Gasteiger charge is 2.37. The topological polar surface area (TPSA) is 95.8 Å². The van der Waals surface area contributed by atoms with Crippen LogP contribution < -0.4 is 15.5 Å². The van der Waals surface area contributed by atoms with Crippen molar-refractivity contribution in [3.8, 4) is 0 Å². The lowest BCUT2D eigenvalue weighted by molar-refractivity contribution is 0.626. The summed E-state index contributed by atoms with van der Waals surface area (Å²) in [6, 6.07) is 9.66. The van der Waals surface area contributed by atoms with Crippen molar-refractivity contribution < 1.29 is 8.78 Å². The molecule has 33 heavy (non-hydrogen) atoms. The third kappa shape index (κ3) is 2.85. The number of fused-ring (bicyclic) bond motifs is 3. The largest absolute Gasteiger partial charge is 0.346 e. The predicted molar refractivity (Wildman–Crippen MR) is 118 cm³/mol. The van der Waals surface area contributed by atoms with Crippen molar-refractivity contribution in [1.82, 2.24) is 29.6 Å². The average molecular weight is 446 g/mol. The summed E-state index contributed by atoms with van der Waals surface area (Å²) < 4.78 is 29.5. The Kier molecular flexibility index (Phi) is 4.12. The second-order valence-corrected chi connectivity index (χ2v) is 7.70. The maximum Gasteiger partial charge on any atom is 0.283 e. The molecule has 0 spiro atoms. The van der Waals surface area contributed by atoms with Crippen LogP contribution in [0.15, 0.2) is 59.9 Å². The molecule has 1 atom stereocenters. The second-order valence-electron chi connectivity index (χ2n) is 7.70. The van der Waals surface area contributed by atoms with Crippen molar-refractivity contribution in [2.24, 2.45) is 0 Å². The van der Waals surface area contributed by atoms with E-state index in [-0.39, 0.29) is 17.4 Å². The van der Waals surface area contributed by atoms with Crippen LogP contribution in [-0.2, 0) is 0 Å². The lowest BCUT2D eigenvalue weighted by Gasteiger charge is -2.25. The van der Waals surface area contributed by atoms with E-state index in [4.69, 9.17) is 0 Å². The van der Waals surface area contributed by atoms with Crippen molar-refractivity contribution in [1.29, 1.82) is 0 Å². The molecule has 5 aromatic rings. The Bertz CT molecular complexity index is 1580. The fourth-order valence-electron chi connectivity index (χ4n) is 4.26. The minimum absolute atomic E-state index is 0.103. The number of nitrogens with zero attached hydrogens (tertiary/aromatic N) is 7. The SMILES string of the molecule is CN(c1ncnc2[nH]cnc12)[C@H]1CN(c2ccc(F)cc2)n2c1nc1cccc(F)c1c2=O. The summed E-state index contributed by atoms with van der Waals surface area (Å²) in [7, 11) is 1.82. The van der Waals surface area contributed by atoms with Crippen molar-refractivity contribution in [3.63, 3.8) is 0 Å². The Hall–Kier alpha value is -4.41. The highest BCUT2D eigenvalue weighted by atomic mass is 19.1. The van der Waals surface area contributed by atoms with Crippen LogP contribution in [0.1, 0.15) is 11.9 Å². The molecule has 3 aromatic heterocycles. The van der Waals surface area contributed by atoms with E-state index in [1.807, 2.05) is 11.9 Å². The van der Waals surface area contributed by atoms with E-state index in [2.05, 4.69) is 24.9 Å². The first-order valence-electron chi connectivity index (χ1n) is 10.1. The highest BCUT2D eigenvalue weighted by molar-refractivity contribution is 5.83. The molecule has 0 saturated heterocycles. The van der Waals surface area contributed by atoms with Gasteiger partial charge in [0, 0.05) is 7.05 Å². The number of H-pyrrole nitrogens is 1. The van der Waals surface area contributed by atoms with Crippen LogP contribution in [0.5, 0.6) is 0 Å². The minimum Gasteiger partial charge on any atom is -0.346 e. The van der Waals surface area contributed by atoms with Gasteiger partial charge in [0.25, 0.3) is 5.56 Å². The maximum atomic E-state index is 14.6. The lowest BCUT2D eigenvalue weighted by atomic mass is 10.2. The van der Waals surface area contributed by atoms with E-state index in [1.165, 1.54) is 41.6 Å². The maximum absolute atomic E-state index is 14.6. The molecular formula is C22H16F2N8O. The van der Waals surface area contributed by atoms with Crippen molar-refractivity contribution >= 4 is 33.6 Å². The normalized spacial score (nSPS) is 15.4. The predicted octanol–water partition coefficient (Wildman–Crippen LogP) is 2.80. The fourth-order valence-corrected chi connectivity index (χ4v) is 4.26. The summed E-state index contributed by atoms with van der Waals surface area (Å²) >= 11 is 0. The van der Waals surface area contributed by atoms with Gasteiger partial charge >= 0.3 is 0 Å². The summed E-state index contributed by atoms with van der Waals surface area (Å²) in [5.41, 5.74) is 1.44. The standard InChI is InChI=1S/C22H16F2N8O/c1-30(21-18-19(26-10-25-18)27-11-28-21)16-9-31(13-7-5-12(23)6-8-13)32-20(16)29-15-4-2-3-14(24)17(15)22(32)33/h2-8,10-11,16H,9H2,1H3,(H,25,26,27,28)/t16-/m0/s1. The van der Waals surface area contributed by atoms with Crippen molar-refractivity contribution in [2.75, 3.05) is 23.5 Å².